The van der Waals surface area contributed by atoms with Crippen LogP contribution in [0.2, 0.25) is 0 Å². The Morgan fingerprint density at radius 2 is 2.00 bits per heavy atom. The Morgan fingerprint density at radius 3 is 2.62 bits per heavy atom. The van der Waals surface area contributed by atoms with Crippen LogP contribution in [0.3, 0.4) is 0 Å². The molecule has 0 unspecified atom stereocenters. The van der Waals surface area contributed by atoms with Crippen LogP contribution in [0.15, 0.2) is 51.0 Å². The van der Waals surface area contributed by atoms with Gasteiger partial charge in [0.1, 0.15) is 10.0 Å². The molecule has 0 amide bonds. The van der Waals surface area contributed by atoms with E-state index < -0.39 is 10.0 Å². The number of hydrogen-bond acceptors (Lipinski definition) is 4. The van der Waals surface area contributed by atoms with Crippen LogP contribution >= 0.6 is 11.3 Å². The van der Waals surface area contributed by atoms with Crippen molar-refractivity contribution in [2.45, 2.75) is 17.7 Å². The van der Waals surface area contributed by atoms with E-state index >= 15 is 0 Å². The van der Waals surface area contributed by atoms with Gasteiger partial charge < -0.3 is 10.2 Å². The third-order valence-electron chi connectivity index (χ3n) is 3.45. The Balaban J connectivity index is 1.92. The summed E-state index contributed by atoms with van der Waals surface area (Å²) in [6.07, 6.45) is 0. The van der Waals surface area contributed by atoms with Crippen LogP contribution in [-0.2, 0) is 16.6 Å². The van der Waals surface area contributed by atoms with Crippen LogP contribution in [0.4, 0.5) is 4.39 Å². The van der Waals surface area contributed by atoms with E-state index in [1.807, 2.05) is 18.9 Å². The molecule has 0 saturated heterocycles. The maximum absolute atomic E-state index is 13.0. The smallest absolute Gasteiger partial charge is 0.250 e. The Hall–Kier alpha value is -1.97. The molecule has 0 fully saturated rings. The molecular weight excluding hydrogens is 375 g/mol. The van der Waals surface area contributed by atoms with E-state index in [0.717, 1.165) is 5.56 Å². The van der Waals surface area contributed by atoms with Crippen LogP contribution < -0.4 is 10.0 Å². The van der Waals surface area contributed by atoms with Gasteiger partial charge in [-0.3, -0.25) is 4.99 Å². The van der Waals surface area contributed by atoms with Crippen LogP contribution in [0.5, 0.6) is 0 Å². The van der Waals surface area contributed by atoms with Crippen LogP contribution in [0.1, 0.15) is 12.5 Å². The number of thiophene rings is 1. The van der Waals surface area contributed by atoms with Crippen molar-refractivity contribution in [3.8, 4) is 0 Å². The van der Waals surface area contributed by atoms with Gasteiger partial charge >= 0.3 is 0 Å². The second-order valence-corrected chi connectivity index (χ2v) is 8.49. The molecule has 0 aliphatic rings. The topological polar surface area (TPSA) is 73.8 Å². The summed E-state index contributed by atoms with van der Waals surface area (Å²) in [7, 11) is -1.59. The summed E-state index contributed by atoms with van der Waals surface area (Å²) in [4.78, 5) is 6.35. The quantitative estimate of drug-likeness (QED) is 0.406. The minimum absolute atomic E-state index is 0.208. The summed E-state index contributed by atoms with van der Waals surface area (Å²) in [5, 5.41) is 4.89. The molecular formula is C17H23FN4O2S2. The monoisotopic (exact) mass is 398 g/mol. The fourth-order valence-electron chi connectivity index (χ4n) is 2.24. The molecule has 6 nitrogen and oxygen atoms in total. The van der Waals surface area contributed by atoms with E-state index in [1.165, 1.54) is 23.5 Å². The van der Waals surface area contributed by atoms with Gasteiger partial charge in [-0.15, -0.1) is 11.3 Å². The summed E-state index contributed by atoms with van der Waals surface area (Å²) in [6.45, 7) is 3.72. The lowest BCUT2D eigenvalue weighted by Gasteiger charge is -2.22. The summed E-state index contributed by atoms with van der Waals surface area (Å²) in [5.74, 6) is 0.391. The van der Waals surface area contributed by atoms with Crippen molar-refractivity contribution in [3.63, 3.8) is 0 Å². The Morgan fingerprint density at radius 1 is 1.27 bits per heavy atom. The number of nitrogens with zero attached hydrogens (tertiary/aromatic N) is 2. The molecule has 2 aromatic rings. The predicted octanol–water partition coefficient (Wildman–Crippen LogP) is 2.26. The minimum Gasteiger partial charge on any atom is -0.357 e. The van der Waals surface area contributed by atoms with E-state index in [9.17, 15) is 12.8 Å². The number of halogens is 1. The zero-order chi connectivity index (χ0) is 19.0. The van der Waals surface area contributed by atoms with Crippen molar-refractivity contribution in [2.24, 2.45) is 4.99 Å². The molecule has 0 bridgehead atoms. The highest BCUT2D eigenvalue weighted by Crippen LogP contribution is 2.14. The number of guanidine groups is 1. The molecule has 2 N–H and O–H groups in total. The Labute approximate surface area is 157 Å². The van der Waals surface area contributed by atoms with E-state index in [4.69, 9.17) is 0 Å². The van der Waals surface area contributed by atoms with Gasteiger partial charge in [0.05, 0.1) is 6.54 Å². The third kappa shape index (κ3) is 6.08. The number of sulfonamides is 1. The maximum atomic E-state index is 13.0. The van der Waals surface area contributed by atoms with Crippen LogP contribution in [-0.4, -0.2) is 46.0 Å². The molecule has 0 aliphatic carbocycles. The largest absolute Gasteiger partial charge is 0.357 e. The van der Waals surface area contributed by atoms with E-state index in [-0.39, 0.29) is 12.4 Å². The lowest BCUT2D eigenvalue weighted by molar-refractivity contribution is 0.476. The first-order valence-electron chi connectivity index (χ1n) is 8.19. The van der Waals surface area contributed by atoms with Gasteiger partial charge in [0.25, 0.3) is 0 Å². The standard InChI is InChI=1S/C17H23FN4O2S2/c1-3-19-17(22(2)13-14-6-8-15(18)9-7-14)20-10-11-21-26(23,24)16-5-4-12-25-16/h4-9,12,21H,3,10-11,13H2,1-2H3,(H,19,20). The van der Waals surface area contributed by atoms with Crippen LogP contribution in [0, 0.1) is 5.82 Å². The van der Waals surface area contributed by atoms with E-state index in [1.54, 1.807) is 29.6 Å². The molecule has 0 spiro atoms. The normalized spacial score (nSPS) is 12.2. The second-order valence-electron chi connectivity index (χ2n) is 5.55. The molecule has 0 saturated carbocycles. The molecule has 0 radical (unpaired) electrons. The molecule has 0 aliphatic heterocycles. The number of aliphatic imine (C=N–C) groups is 1. The van der Waals surface area contributed by atoms with Crippen molar-refractivity contribution in [1.82, 2.24) is 14.9 Å². The van der Waals surface area contributed by atoms with E-state index in [0.29, 0.717) is 29.8 Å². The number of nitrogens with one attached hydrogen (secondary N) is 2. The van der Waals surface area contributed by atoms with Crippen LogP contribution in [0.25, 0.3) is 0 Å². The fourth-order valence-corrected chi connectivity index (χ4v) is 4.30. The third-order valence-corrected chi connectivity index (χ3v) is 6.31. The summed E-state index contributed by atoms with van der Waals surface area (Å²) in [6, 6.07) is 9.57. The molecule has 1 aromatic heterocycles. The molecule has 0 atom stereocenters. The van der Waals surface area contributed by atoms with Crippen molar-refractivity contribution >= 4 is 27.3 Å². The van der Waals surface area contributed by atoms with Crippen molar-refractivity contribution in [1.29, 1.82) is 0 Å². The average molecular weight is 399 g/mol. The Kier molecular flexibility index (Phi) is 7.55. The SMILES string of the molecule is CCNC(=NCCNS(=O)(=O)c1cccs1)N(C)Cc1ccc(F)cc1. The van der Waals surface area contributed by atoms with E-state index in [2.05, 4.69) is 15.0 Å². The minimum atomic E-state index is -3.47. The lowest BCUT2D eigenvalue weighted by Crippen LogP contribution is -2.39. The molecule has 142 valence electrons. The number of hydrogen-bond donors (Lipinski definition) is 2. The molecule has 9 heteroatoms. The molecule has 1 heterocycles. The summed E-state index contributed by atoms with van der Waals surface area (Å²) in [5.41, 5.74) is 0.956. The highest BCUT2D eigenvalue weighted by Gasteiger charge is 2.14. The maximum Gasteiger partial charge on any atom is 0.250 e. The average Bonchev–Trinajstić information content (AvgIpc) is 3.15. The molecule has 26 heavy (non-hydrogen) atoms. The van der Waals surface area contributed by atoms with Crippen molar-refractivity contribution < 1.29 is 12.8 Å². The van der Waals surface area contributed by atoms with Gasteiger partial charge in [-0.05, 0) is 36.1 Å². The highest BCUT2D eigenvalue weighted by molar-refractivity contribution is 7.91. The summed E-state index contributed by atoms with van der Waals surface area (Å²) < 4.78 is 40.0. The first kappa shape index (κ1) is 20.3. The van der Waals surface area contributed by atoms with Gasteiger partial charge in [-0.25, -0.2) is 17.5 Å². The first-order valence-corrected chi connectivity index (χ1v) is 10.6. The van der Waals surface area contributed by atoms with Gasteiger partial charge in [0.2, 0.25) is 10.0 Å². The zero-order valence-electron chi connectivity index (χ0n) is 14.8. The number of rotatable bonds is 8. The second kappa shape index (κ2) is 9.65. The van der Waals surface area contributed by atoms with Gasteiger partial charge in [-0.1, -0.05) is 18.2 Å². The fraction of sp³-hybridized carbons (Fsp3) is 0.353. The first-order chi connectivity index (χ1) is 12.4. The number of benzene rings is 1. The molecule has 1 aromatic carbocycles. The van der Waals surface area contributed by atoms with Gasteiger partial charge in [0, 0.05) is 26.7 Å². The predicted molar refractivity (Wildman–Crippen MR) is 103 cm³/mol. The van der Waals surface area contributed by atoms with Gasteiger partial charge in [-0.2, -0.15) is 0 Å². The Bertz CT molecular complexity index is 806. The van der Waals surface area contributed by atoms with Crippen molar-refractivity contribution in [2.75, 3.05) is 26.7 Å². The molecule has 2 rings (SSSR count). The lowest BCUT2D eigenvalue weighted by atomic mass is 10.2. The van der Waals surface area contributed by atoms with Gasteiger partial charge in [0.15, 0.2) is 5.96 Å². The highest BCUT2D eigenvalue weighted by atomic mass is 32.2. The zero-order valence-corrected chi connectivity index (χ0v) is 16.4. The van der Waals surface area contributed by atoms with Crippen molar-refractivity contribution in [3.05, 3.63) is 53.2 Å². The summed E-state index contributed by atoms with van der Waals surface area (Å²) >= 11 is 1.18.